The van der Waals surface area contributed by atoms with Crippen molar-refractivity contribution >= 4 is 163 Å². The molecule has 18 aromatic rings. The lowest BCUT2D eigenvalue weighted by molar-refractivity contribution is 1.28. The number of hydrogen-bond donors (Lipinski definition) is 0. The third-order valence-corrected chi connectivity index (χ3v) is 17.1. The maximum Gasteiger partial charge on any atom is 0.0546 e. The number of benzene rings is 18. The van der Waals surface area contributed by atoms with Gasteiger partial charge in [-0.2, -0.15) is 0 Å². The average molecular weight is 933 g/mol. The Morgan fingerprint density at radius 3 is 0.743 bits per heavy atom. The Kier molecular flexibility index (Phi) is 7.37. The van der Waals surface area contributed by atoms with Crippen LogP contribution in [-0.2, 0) is 0 Å². The SMILES string of the molecule is c1ccc(N(c2ccccc2-c2ccccc2N(c2ccccc2)c2cc3ccc4ccc5ccc6ccc7ccc2c2c7c6c5c4c32)c2cc3ccc4ccc5ccc6ccc7ccc2c2c7c6c5c4c32)cc1. The van der Waals surface area contributed by atoms with Crippen LogP contribution in [0, 0.1) is 0 Å². The second kappa shape index (κ2) is 14.0. The van der Waals surface area contributed by atoms with E-state index in [1.54, 1.807) is 0 Å². The zero-order chi connectivity index (χ0) is 47.9. The molecule has 0 aromatic heterocycles. The molecule has 0 aliphatic carbocycles. The number of anilines is 6. The van der Waals surface area contributed by atoms with Crippen molar-refractivity contribution in [2.75, 3.05) is 9.80 Å². The molecule has 0 unspecified atom stereocenters. The Morgan fingerprint density at radius 2 is 0.419 bits per heavy atom. The molecule has 0 radical (unpaired) electrons. The van der Waals surface area contributed by atoms with E-state index in [1.165, 1.54) is 129 Å². The highest BCUT2D eigenvalue weighted by Crippen LogP contribution is 2.56. The topological polar surface area (TPSA) is 6.48 Å². The highest BCUT2D eigenvalue weighted by molar-refractivity contribution is 6.47. The van der Waals surface area contributed by atoms with Gasteiger partial charge in [0.2, 0.25) is 0 Å². The van der Waals surface area contributed by atoms with Gasteiger partial charge >= 0.3 is 0 Å². The minimum Gasteiger partial charge on any atom is -0.309 e. The van der Waals surface area contributed by atoms with Crippen LogP contribution in [0.25, 0.3) is 140 Å². The monoisotopic (exact) mass is 932 g/mol. The molecule has 18 rings (SSSR count). The molecule has 0 bridgehead atoms. The lowest BCUT2D eigenvalue weighted by Crippen LogP contribution is -2.14. The first-order valence-corrected chi connectivity index (χ1v) is 25.8. The molecule has 0 spiro atoms. The molecule has 2 heteroatoms. The molecular formula is C72H40N2. The normalized spacial score (nSPS) is 12.6. The predicted molar refractivity (Wildman–Crippen MR) is 318 cm³/mol. The zero-order valence-electron chi connectivity index (χ0n) is 40.0. The van der Waals surface area contributed by atoms with Gasteiger partial charge in [-0.05, 0) is 156 Å². The van der Waals surface area contributed by atoms with Gasteiger partial charge in [-0.15, -0.1) is 0 Å². The van der Waals surface area contributed by atoms with Crippen LogP contribution < -0.4 is 9.80 Å². The van der Waals surface area contributed by atoms with E-state index >= 15 is 0 Å². The number of nitrogens with zero attached hydrogens (tertiary/aromatic N) is 2. The number of rotatable bonds is 7. The van der Waals surface area contributed by atoms with E-state index in [4.69, 9.17) is 0 Å². The van der Waals surface area contributed by atoms with Crippen LogP contribution in [0.5, 0.6) is 0 Å². The van der Waals surface area contributed by atoms with Crippen LogP contribution in [0.4, 0.5) is 34.1 Å². The fourth-order valence-corrected chi connectivity index (χ4v) is 14.1. The molecule has 338 valence electrons. The third-order valence-electron chi connectivity index (χ3n) is 17.1. The van der Waals surface area contributed by atoms with Crippen molar-refractivity contribution in [3.63, 3.8) is 0 Å². The molecule has 0 heterocycles. The molecule has 18 aromatic carbocycles. The van der Waals surface area contributed by atoms with Crippen LogP contribution in [0.15, 0.2) is 243 Å². The molecule has 2 nitrogen and oxygen atoms in total. The van der Waals surface area contributed by atoms with Crippen molar-refractivity contribution in [3.05, 3.63) is 243 Å². The minimum absolute atomic E-state index is 1.10. The number of hydrogen-bond acceptors (Lipinski definition) is 2. The first kappa shape index (κ1) is 38.9. The van der Waals surface area contributed by atoms with Gasteiger partial charge in [0.25, 0.3) is 0 Å². The zero-order valence-corrected chi connectivity index (χ0v) is 40.0. The summed E-state index contributed by atoms with van der Waals surface area (Å²) >= 11 is 0. The second-order valence-corrected chi connectivity index (χ2v) is 20.6. The van der Waals surface area contributed by atoms with Gasteiger partial charge in [-0.1, -0.05) is 194 Å². The van der Waals surface area contributed by atoms with Crippen molar-refractivity contribution < 1.29 is 0 Å². The van der Waals surface area contributed by atoms with Crippen LogP contribution in [0.3, 0.4) is 0 Å². The maximum atomic E-state index is 2.53. The van der Waals surface area contributed by atoms with Crippen LogP contribution in [0.2, 0.25) is 0 Å². The molecule has 0 saturated carbocycles. The summed E-state index contributed by atoms with van der Waals surface area (Å²) in [7, 11) is 0. The Hall–Kier alpha value is -9.76. The Labute approximate surface area is 424 Å². The fraction of sp³-hybridized carbons (Fsp3) is 0. The summed E-state index contributed by atoms with van der Waals surface area (Å²) in [5.41, 5.74) is 9.02. The lowest BCUT2D eigenvalue weighted by atomic mass is 9.82. The quantitative estimate of drug-likeness (QED) is 0.116. The molecular weight excluding hydrogens is 893 g/mol. The number of para-hydroxylation sites is 4. The van der Waals surface area contributed by atoms with E-state index in [0.717, 1.165) is 45.3 Å². The van der Waals surface area contributed by atoms with Crippen LogP contribution >= 0.6 is 0 Å². The highest BCUT2D eigenvalue weighted by atomic mass is 15.2. The van der Waals surface area contributed by atoms with Gasteiger partial charge in [-0.25, -0.2) is 0 Å². The molecule has 0 saturated heterocycles. The summed E-state index contributed by atoms with van der Waals surface area (Å²) in [6.07, 6.45) is 0. The molecule has 0 N–H and O–H groups in total. The van der Waals surface area contributed by atoms with Gasteiger partial charge < -0.3 is 9.80 Å². The van der Waals surface area contributed by atoms with Crippen LogP contribution in [0.1, 0.15) is 0 Å². The molecule has 0 aliphatic heterocycles. The molecule has 0 fully saturated rings. The highest BCUT2D eigenvalue weighted by Gasteiger charge is 2.29. The van der Waals surface area contributed by atoms with E-state index in [9.17, 15) is 0 Å². The smallest absolute Gasteiger partial charge is 0.0546 e. The van der Waals surface area contributed by atoms with E-state index < -0.39 is 0 Å². The fourth-order valence-electron chi connectivity index (χ4n) is 14.1. The van der Waals surface area contributed by atoms with Crippen molar-refractivity contribution in [3.8, 4) is 11.1 Å². The standard InChI is InChI=1S/C72H40N2/c1-3-11-51(12-4-1)73(59-39-49-33-31-45-25-21-41-19-23-43-27-29-47-35-37-55(59)71-67(47)63(43)61(41)65(45)69(49)71)57-17-9-7-15-53(57)54-16-8-10-18-58(54)74(52-13-5-2-6-14-52)60-40-50-34-32-46-26-22-42-20-24-44-28-30-48-36-38-56(60)72-68(48)64(44)62(42)66(46)70(50)72/h1-40H. The molecule has 0 aliphatic rings. The van der Waals surface area contributed by atoms with Crippen molar-refractivity contribution in [1.82, 2.24) is 0 Å². The minimum atomic E-state index is 1.10. The molecule has 0 atom stereocenters. The first-order chi connectivity index (χ1) is 36.7. The maximum absolute atomic E-state index is 2.53. The predicted octanol–water partition coefficient (Wildman–Crippen LogP) is 20.8. The first-order valence-electron chi connectivity index (χ1n) is 25.8. The molecule has 74 heavy (non-hydrogen) atoms. The average Bonchev–Trinajstić information content (AvgIpc) is 3.48. The summed E-state index contributed by atoms with van der Waals surface area (Å²) < 4.78 is 0. The summed E-state index contributed by atoms with van der Waals surface area (Å²) in [6, 6.07) is 91.7. The van der Waals surface area contributed by atoms with E-state index in [2.05, 4.69) is 252 Å². The second-order valence-electron chi connectivity index (χ2n) is 20.6. The Balaban J connectivity index is 0.922. The van der Waals surface area contributed by atoms with Crippen molar-refractivity contribution in [1.29, 1.82) is 0 Å². The summed E-state index contributed by atoms with van der Waals surface area (Å²) in [5.74, 6) is 0. The molecule has 0 amide bonds. The Bertz CT molecular complexity index is 4800. The van der Waals surface area contributed by atoms with Gasteiger partial charge in [0.1, 0.15) is 0 Å². The van der Waals surface area contributed by atoms with Gasteiger partial charge in [0.15, 0.2) is 0 Å². The third kappa shape index (κ3) is 4.90. The van der Waals surface area contributed by atoms with Crippen molar-refractivity contribution in [2.45, 2.75) is 0 Å². The van der Waals surface area contributed by atoms with E-state index in [0.29, 0.717) is 0 Å². The summed E-state index contributed by atoms with van der Waals surface area (Å²) in [6.45, 7) is 0. The summed E-state index contributed by atoms with van der Waals surface area (Å²) in [5, 5.41) is 31.6. The van der Waals surface area contributed by atoms with Gasteiger partial charge in [0.05, 0.1) is 22.7 Å². The largest absolute Gasteiger partial charge is 0.309 e. The summed E-state index contributed by atoms with van der Waals surface area (Å²) in [4.78, 5) is 5.06. The lowest BCUT2D eigenvalue weighted by Gasteiger charge is -2.33. The van der Waals surface area contributed by atoms with E-state index in [1.807, 2.05) is 0 Å². The van der Waals surface area contributed by atoms with Gasteiger partial charge in [0, 0.05) is 44.0 Å². The van der Waals surface area contributed by atoms with E-state index in [-0.39, 0.29) is 0 Å². The van der Waals surface area contributed by atoms with Crippen LogP contribution in [-0.4, -0.2) is 0 Å². The van der Waals surface area contributed by atoms with Crippen molar-refractivity contribution in [2.24, 2.45) is 0 Å². The van der Waals surface area contributed by atoms with Gasteiger partial charge in [-0.3, -0.25) is 0 Å². The Morgan fingerprint density at radius 1 is 0.176 bits per heavy atom.